The lowest BCUT2D eigenvalue weighted by Crippen LogP contribution is -1.73. The molecule has 3 aromatic rings. The second-order valence-electron chi connectivity index (χ2n) is 4.18. The van der Waals surface area contributed by atoms with Gasteiger partial charge in [0.15, 0.2) is 0 Å². The summed E-state index contributed by atoms with van der Waals surface area (Å²) >= 11 is 0. The first kappa shape index (κ1) is 28.1. The quantitative estimate of drug-likeness (QED) is 0.355. The summed E-state index contributed by atoms with van der Waals surface area (Å²) in [5.74, 6) is -2.33. The average molecular weight is 372 g/mol. The predicted molar refractivity (Wildman–Crippen MR) is 99.3 cm³/mol. The molecule has 0 heterocycles. The molecule has 5 heteroatoms. The molecule has 0 spiro atoms. The molecule has 0 aromatic heterocycles. The van der Waals surface area contributed by atoms with E-state index in [4.69, 9.17) is 0 Å². The van der Waals surface area contributed by atoms with Gasteiger partial charge in [0.25, 0.3) is 0 Å². The van der Waals surface area contributed by atoms with Crippen LogP contribution in [0.4, 0.5) is 22.0 Å². The molecule has 0 saturated heterocycles. The second kappa shape index (κ2) is 15.8. The molecule has 0 radical (unpaired) electrons. The van der Waals surface area contributed by atoms with Crippen molar-refractivity contribution in [2.45, 2.75) is 22.3 Å². The van der Waals surface area contributed by atoms with Gasteiger partial charge in [-0.1, -0.05) is 52.6 Å². The molecular formula is C21H25F5. The van der Waals surface area contributed by atoms with Crippen LogP contribution in [-0.4, -0.2) is 0 Å². The predicted octanol–water partition coefficient (Wildman–Crippen LogP) is 7.66. The molecule has 0 unspecified atom stereocenters. The fraction of sp³-hybridized carbons (Fsp3) is 0.143. The molecule has 0 aliphatic carbocycles. The highest BCUT2D eigenvalue weighted by atomic mass is 19.1. The van der Waals surface area contributed by atoms with Crippen molar-refractivity contribution in [3.8, 4) is 0 Å². The maximum absolute atomic E-state index is 11.9. The molecule has 0 bridgehead atoms. The van der Waals surface area contributed by atoms with Crippen LogP contribution in [0.15, 0.2) is 78.9 Å². The molecule has 0 aliphatic heterocycles. The van der Waals surface area contributed by atoms with Crippen molar-refractivity contribution in [1.82, 2.24) is 0 Å². The van der Waals surface area contributed by atoms with Crippen molar-refractivity contribution in [2.75, 3.05) is 0 Å². The highest BCUT2D eigenvalue weighted by Gasteiger charge is 1.89. The molecule has 0 N–H and O–H groups in total. The zero-order chi connectivity index (χ0) is 17.1. The van der Waals surface area contributed by atoms with Crippen molar-refractivity contribution >= 4 is 0 Å². The van der Waals surface area contributed by atoms with E-state index in [9.17, 15) is 22.0 Å². The van der Waals surface area contributed by atoms with Crippen LogP contribution < -0.4 is 0 Å². The van der Waals surface area contributed by atoms with Crippen molar-refractivity contribution < 1.29 is 22.0 Å². The molecule has 0 nitrogen and oxygen atoms in total. The summed E-state index contributed by atoms with van der Waals surface area (Å²) < 4.78 is 59.6. The van der Waals surface area contributed by atoms with Crippen LogP contribution in [0.25, 0.3) is 0 Å². The van der Waals surface area contributed by atoms with Gasteiger partial charge in [-0.3, -0.25) is 0 Å². The smallest absolute Gasteiger partial charge is 0.126 e. The summed E-state index contributed by atoms with van der Waals surface area (Å²) in [5, 5.41) is 0. The van der Waals surface area contributed by atoms with Crippen LogP contribution in [0.3, 0.4) is 0 Å². The number of halogens is 5. The lowest BCUT2D eigenvalue weighted by molar-refractivity contribution is 0.582. The number of hydrogen-bond donors (Lipinski definition) is 0. The summed E-state index contributed by atoms with van der Waals surface area (Å²) in [6.07, 6.45) is 0. The first-order valence-corrected chi connectivity index (χ1v) is 6.50. The molecule has 3 aromatic carbocycles. The van der Waals surface area contributed by atoms with Gasteiger partial charge in [-0.05, 0) is 36.4 Å². The van der Waals surface area contributed by atoms with Gasteiger partial charge >= 0.3 is 0 Å². The average Bonchev–Trinajstić information content (AvgIpc) is 2.49. The van der Waals surface area contributed by atoms with E-state index in [1.54, 1.807) is 18.2 Å². The van der Waals surface area contributed by atoms with E-state index in [0.717, 1.165) is 12.1 Å². The minimum Gasteiger partial charge on any atom is -0.207 e. The summed E-state index contributed by atoms with van der Waals surface area (Å²) in [7, 11) is 0. The third kappa shape index (κ3) is 13.7. The monoisotopic (exact) mass is 372 g/mol. The second-order valence-corrected chi connectivity index (χ2v) is 4.18. The molecule has 0 saturated carbocycles. The van der Waals surface area contributed by atoms with E-state index in [0.29, 0.717) is 0 Å². The Bertz CT molecular complexity index is 622. The highest BCUT2D eigenvalue weighted by Crippen LogP contribution is 2.00. The summed E-state index contributed by atoms with van der Waals surface area (Å²) in [5.41, 5.74) is 0. The third-order valence-electron chi connectivity index (χ3n) is 2.31. The Kier molecular flexibility index (Phi) is 17.1. The van der Waals surface area contributed by atoms with Crippen LogP contribution in [0.1, 0.15) is 22.3 Å². The number of rotatable bonds is 0. The van der Waals surface area contributed by atoms with E-state index in [1.807, 2.05) is 0 Å². The summed E-state index contributed by atoms with van der Waals surface area (Å²) in [4.78, 5) is 0. The van der Waals surface area contributed by atoms with E-state index in [1.165, 1.54) is 48.5 Å². The van der Waals surface area contributed by atoms with Crippen LogP contribution in [0, 0.1) is 29.1 Å². The minimum absolute atomic E-state index is 0. The fourth-order valence-corrected chi connectivity index (χ4v) is 1.33. The van der Waals surface area contributed by atoms with Gasteiger partial charge in [0.05, 0.1) is 0 Å². The third-order valence-corrected chi connectivity index (χ3v) is 2.31. The normalized spacial score (nSPS) is 8.04. The maximum atomic E-state index is 11.9. The standard InChI is InChI=1S/2C6H4F2.C6H5F.3CH4/c2*7-5-2-1-3-6(8)4-5;7-6-4-2-1-3-5-6;;;/h2*1-4H;1-5H;3*1H4. The zero-order valence-electron chi connectivity index (χ0n) is 11.9. The Morgan fingerprint density at radius 3 is 0.769 bits per heavy atom. The SMILES string of the molecule is C.C.C.Fc1cccc(F)c1.Fc1cccc(F)c1.Fc1ccccc1. The number of hydrogen-bond acceptors (Lipinski definition) is 0. The lowest BCUT2D eigenvalue weighted by atomic mass is 10.3. The molecule has 0 aliphatic rings. The van der Waals surface area contributed by atoms with Gasteiger partial charge in [-0.15, -0.1) is 0 Å². The largest absolute Gasteiger partial charge is 0.207 e. The molecule has 0 amide bonds. The maximum Gasteiger partial charge on any atom is 0.126 e. The molecule has 0 atom stereocenters. The zero-order valence-corrected chi connectivity index (χ0v) is 11.9. The van der Waals surface area contributed by atoms with E-state index in [2.05, 4.69) is 0 Å². The van der Waals surface area contributed by atoms with Crippen LogP contribution in [0.2, 0.25) is 0 Å². The first-order valence-electron chi connectivity index (χ1n) is 6.50. The van der Waals surface area contributed by atoms with E-state index >= 15 is 0 Å². The van der Waals surface area contributed by atoms with Gasteiger partial charge < -0.3 is 0 Å². The van der Waals surface area contributed by atoms with Crippen LogP contribution in [0.5, 0.6) is 0 Å². The fourth-order valence-electron chi connectivity index (χ4n) is 1.33. The van der Waals surface area contributed by atoms with E-state index in [-0.39, 0.29) is 28.1 Å². The molecule has 0 fully saturated rings. The molecule has 3 rings (SSSR count). The Hall–Kier alpha value is -2.69. The van der Waals surface area contributed by atoms with Crippen LogP contribution >= 0.6 is 0 Å². The molecule has 144 valence electrons. The van der Waals surface area contributed by atoms with Crippen molar-refractivity contribution in [3.05, 3.63) is 108 Å². The summed E-state index contributed by atoms with van der Waals surface area (Å²) in [6.45, 7) is 0. The molecule has 26 heavy (non-hydrogen) atoms. The van der Waals surface area contributed by atoms with E-state index < -0.39 is 23.3 Å². The van der Waals surface area contributed by atoms with Crippen LogP contribution in [-0.2, 0) is 0 Å². The highest BCUT2D eigenvalue weighted by molar-refractivity contribution is 5.05. The summed E-state index contributed by atoms with van der Waals surface area (Å²) in [6, 6.07) is 17.0. The molecular weight excluding hydrogens is 347 g/mol. The number of benzene rings is 3. The van der Waals surface area contributed by atoms with Gasteiger partial charge in [-0.25, -0.2) is 22.0 Å². The van der Waals surface area contributed by atoms with Gasteiger partial charge in [-0.2, -0.15) is 0 Å². The Labute approximate surface area is 152 Å². The van der Waals surface area contributed by atoms with Crippen molar-refractivity contribution in [1.29, 1.82) is 0 Å². The van der Waals surface area contributed by atoms with Crippen molar-refractivity contribution in [2.24, 2.45) is 0 Å². The van der Waals surface area contributed by atoms with Gasteiger partial charge in [0, 0.05) is 12.1 Å². The minimum atomic E-state index is -0.537. The lowest BCUT2D eigenvalue weighted by Gasteiger charge is -1.84. The van der Waals surface area contributed by atoms with Gasteiger partial charge in [0.2, 0.25) is 0 Å². The van der Waals surface area contributed by atoms with Crippen molar-refractivity contribution in [3.63, 3.8) is 0 Å². The Balaban J connectivity index is -0.000000289. The Morgan fingerprint density at radius 1 is 0.346 bits per heavy atom. The topological polar surface area (TPSA) is 0 Å². The Morgan fingerprint density at radius 2 is 0.615 bits per heavy atom. The van der Waals surface area contributed by atoms with Gasteiger partial charge in [0.1, 0.15) is 29.1 Å². The first-order chi connectivity index (χ1) is 11.0.